The van der Waals surface area contributed by atoms with Crippen molar-refractivity contribution >= 4 is 5.91 Å². The number of H-pyrrole nitrogens is 1. The van der Waals surface area contributed by atoms with Crippen LogP contribution in [0, 0.1) is 6.92 Å². The van der Waals surface area contributed by atoms with E-state index in [1.807, 2.05) is 19.1 Å². The number of primary amides is 1. The van der Waals surface area contributed by atoms with Crippen LogP contribution in [0.1, 0.15) is 16.1 Å². The molecule has 0 unspecified atom stereocenters. The summed E-state index contributed by atoms with van der Waals surface area (Å²) in [7, 11) is 0. The van der Waals surface area contributed by atoms with Crippen molar-refractivity contribution in [2.24, 2.45) is 5.73 Å². The lowest BCUT2D eigenvalue weighted by atomic mass is 10.1. The highest BCUT2D eigenvalue weighted by atomic mass is 16.1. The maximum Gasteiger partial charge on any atom is 0.267 e. The molecule has 5 heteroatoms. The molecule has 0 radical (unpaired) electrons. The number of nitrogens with one attached hydrogen (secondary N) is 1. The summed E-state index contributed by atoms with van der Waals surface area (Å²) in [6, 6.07) is 3.75. The minimum atomic E-state index is -0.535. The summed E-state index contributed by atoms with van der Waals surface area (Å²) in [6.07, 6.45) is 3.22. The second-order valence-corrected chi connectivity index (χ2v) is 3.19. The molecule has 0 fully saturated rings. The Morgan fingerprint density at radius 3 is 3.00 bits per heavy atom. The van der Waals surface area contributed by atoms with Crippen molar-refractivity contribution in [2.75, 3.05) is 0 Å². The quantitative estimate of drug-likeness (QED) is 0.758. The third-order valence-electron chi connectivity index (χ3n) is 2.15. The minimum absolute atomic E-state index is 0.289. The Morgan fingerprint density at radius 2 is 2.33 bits per heavy atom. The van der Waals surface area contributed by atoms with Crippen molar-refractivity contribution in [1.29, 1.82) is 0 Å². The molecule has 1 amide bonds. The largest absolute Gasteiger partial charge is 0.364 e. The summed E-state index contributed by atoms with van der Waals surface area (Å²) >= 11 is 0. The Kier molecular flexibility index (Phi) is 2.21. The molecule has 0 bridgehead atoms. The van der Waals surface area contributed by atoms with E-state index in [1.54, 1.807) is 12.4 Å². The van der Waals surface area contributed by atoms with Crippen LogP contribution in [0.15, 0.2) is 24.5 Å². The van der Waals surface area contributed by atoms with E-state index < -0.39 is 5.91 Å². The van der Waals surface area contributed by atoms with Gasteiger partial charge in [0, 0.05) is 6.20 Å². The number of aryl methyl sites for hydroxylation is 1. The van der Waals surface area contributed by atoms with Crippen LogP contribution in [0.4, 0.5) is 0 Å². The van der Waals surface area contributed by atoms with Gasteiger partial charge in [0.1, 0.15) is 5.69 Å². The highest BCUT2D eigenvalue weighted by molar-refractivity contribution is 5.97. The van der Waals surface area contributed by atoms with E-state index in [9.17, 15) is 4.79 Å². The van der Waals surface area contributed by atoms with Crippen LogP contribution in [0.3, 0.4) is 0 Å². The Labute approximate surface area is 86.3 Å². The predicted molar refractivity (Wildman–Crippen MR) is 55.1 cm³/mol. The van der Waals surface area contributed by atoms with E-state index in [0.717, 1.165) is 11.3 Å². The second kappa shape index (κ2) is 3.53. The van der Waals surface area contributed by atoms with Gasteiger partial charge in [-0.1, -0.05) is 6.07 Å². The smallest absolute Gasteiger partial charge is 0.267 e. The molecule has 2 aromatic heterocycles. The molecule has 76 valence electrons. The van der Waals surface area contributed by atoms with Gasteiger partial charge in [-0.15, -0.1) is 0 Å². The average molecular weight is 202 g/mol. The SMILES string of the molecule is Cc1cccnc1-c1cn[nH]c1C(N)=O. The molecule has 2 aromatic rings. The zero-order valence-electron chi connectivity index (χ0n) is 8.19. The zero-order valence-corrected chi connectivity index (χ0v) is 8.19. The first-order chi connectivity index (χ1) is 7.20. The molecule has 0 saturated carbocycles. The van der Waals surface area contributed by atoms with Gasteiger partial charge < -0.3 is 5.73 Å². The number of carbonyl (C=O) groups is 1. The van der Waals surface area contributed by atoms with Crippen LogP contribution < -0.4 is 5.73 Å². The number of nitrogens with zero attached hydrogens (tertiary/aromatic N) is 2. The van der Waals surface area contributed by atoms with E-state index in [4.69, 9.17) is 5.73 Å². The number of aromatic amines is 1. The maximum absolute atomic E-state index is 11.1. The molecule has 0 atom stereocenters. The number of amides is 1. The van der Waals surface area contributed by atoms with Crippen molar-refractivity contribution in [1.82, 2.24) is 15.2 Å². The standard InChI is InChI=1S/C10H10N4O/c1-6-3-2-4-12-8(6)7-5-13-14-9(7)10(11)15/h2-5H,1H3,(H2,11,15)(H,13,14). The lowest BCUT2D eigenvalue weighted by molar-refractivity contribution is 0.0996. The summed E-state index contributed by atoms with van der Waals surface area (Å²) in [5.41, 5.74) is 7.83. The number of rotatable bonds is 2. The van der Waals surface area contributed by atoms with Crippen molar-refractivity contribution < 1.29 is 4.79 Å². The molecule has 2 rings (SSSR count). The maximum atomic E-state index is 11.1. The molecule has 0 spiro atoms. The fourth-order valence-electron chi connectivity index (χ4n) is 1.42. The molecule has 0 aliphatic carbocycles. The van der Waals surface area contributed by atoms with E-state index in [-0.39, 0.29) is 5.69 Å². The van der Waals surface area contributed by atoms with E-state index in [0.29, 0.717) is 5.56 Å². The zero-order chi connectivity index (χ0) is 10.8. The van der Waals surface area contributed by atoms with Gasteiger partial charge in [0.25, 0.3) is 5.91 Å². The number of nitrogens with two attached hydrogens (primary N) is 1. The summed E-state index contributed by atoms with van der Waals surface area (Å²) in [4.78, 5) is 15.3. The Balaban J connectivity index is 2.59. The van der Waals surface area contributed by atoms with Crippen molar-refractivity contribution in [3.63, 3.8) is 0 Å². The molecule has 0 aliphatic heterocycles. The molecule has 0 aromatic carbocycles. The van der Waals surface area contributed by atoms with Gasteiger partial charge in [0.05, 0.1) is 17.5 Å². The second-order valence-electron chi connectivity index (χ2n) is 3.19. The Hall–Kier alpha value is -2.17. The topological polar surface area (TPSA) is 84.7 Å². The predicted octanol–water partition coefficient (Wildman–Crippen LogP) is 0.879. The molecule has 2 heterocycles. The van der Waals surface area contributed by atoms with Crippen LogP contribution >= 0.6 is 0 Å². The van der Waals surface area contributed by atoms with Crippen LogP contribution in [0.2, 0.25) is 0 Å². The van der Waals surface area contributed by atoms with E-state index >= 15 is 0 Å². The number of pyridine rings is 1. The molecule has 0 aliphatic rings. The molecule has 3 N–H and O–H groups in total. The summed E-state index contributed by atoms with van der Waals surface area (Å²) < 4.78 is 0. The molecule has 15 heavy (non-hydrogen) atoms. The number of aromatic nitrogens is 3. The van der Waals surface area contributed by atoms with Crippen LogP contribution in [0.25, 0.3) is 11.3 Å². The summed E-state index contributed by atoms with van der Waals surface area (Å²) in [5.74, 6) is -0.535. The van der Waals surface area contributed by atoms with Gasteiger partial charge in [0.15, 0.2) is 0 Å². The van der Waals surface area contributed by atoms with Gasteiger partial charge in [-0.3, -0.25) is 14.9 Å². The Morgan fingerprint density at radius 1 is 1.53 bits per heavy atom. The van der Waals surface area contributed by atoms with E-state index in [1.165, 1.54) is 0 Å². The van der Waals surface area contributed by atoms with Crippen LogP contribution in [0.5, 0.6) is 0 Å². The molecule has 0 saturated heterocycles. The van der Waals surface area contributed by atoms with Gasteiger partial charge in [-0.25, -0.2) is 0 Å². The average Bonchev–Trinajstić information content (AvgIpc) is 2.67. The fourth-order valence-corrected chi connectivity index (χ4v) is 1.42. The van der Waals surface area contributed by atoms with Crippen molar-refractivity contribution in [3.05, 3.63) is 35.8 Å². The third-order valence-corrected chi connectivity index (χ3v) is 2.15. The first-order valence-electron chi connectivity index (χ1n) is 4.45. The van der Waals surface area contributed by atoms with Gasteiger partial charge >= 0.3 is 0 Å². The highest BCUT2D eigenvalue weighted by Crippen LogP contribution is 2.22. The summed E-state index contributed by atoms with van der Waals surface area (Å²) in [5, 5.41) is 6.36. The molecular formula is C10H10N4O. The van der Waals surface area contributed by atoms with Crippen molar-refractivity contribution in [2.45, 2.75) is 6.92 Å². The lowest BCUT2D eigenvalue weighted by Crippen LogP contribution is -2.13. The normalized spacial score (nSPS) is 10.2. The number of hydrogen-bond acceptors (Lipinski definition) is 3. The van der Waals surface area contributed by atoms with Crippen molar-refractivity contribution in [3.8, 4) is 11.3 Å². The summed E-state index contributed by atoms with van der Waals surface area (Å²) in [6.45, 7) is 1.92. The first-order valence-corrected chi connectivity index (χ1v) is 4.45. The van der Waals surface area contributed by atoms with Gasteiger partial charge in [0.2, 0.25) is 0 Å². The number of hydrogen-bond donors (Lipinski definition) is 2. The fraction of sp³-hybridized carbons (Fsp3) is 0.100. The third kappa shape index (κ3) is 1.59. The van der Waals surface area contributed by atoms with Gasteiger partial charge in [-0.2, -0.15) is 5.10 Å². The minimum Gasteiger partial charge on any atom is -0.364 e. The Bertz CT molecular complexity index is 504. The van der Waals surface area contributed by atoms with Gasteiger partial charge in [-0.05, 0) is 18.6 Å². The first kappa shape index (κ1) is 9.39. The van der Waals surface area contributed by atoms with Crippen LogP contribution in [-0.4, -0.2) is 21.1 Å². The van der Waals surface area contributed by atoms with E-state index in [2.05, 4.69) is 15.2 Å². The lowest BCUT2D eigenvalue weighted by Gasteiger charge is -2.02. The number of carbonyl (C=O) groups excluding carboxylic acids is 1. The van der Waals surface area contributed by atoms with Crippen LogP contribution in [-0.2, 0) is 0 Å². The highest BCUT2D eigenvalue weighted by Gasteiger charge is 2.14. The molecular weight excluding hydrogens is 192 g/mol. The monoisotopic (exact) mass is 202 g/mol. The molecule has 5 nitrogen and oxygen atoms in total.